The Bertz CT molecular complexity index is 771. The first-order chi connectivity index (χ1) is 10.6. The predicted molar refractivity (Wildman–Crippen MR) is 104 cm³/mol. The monoisotopic (exact) mass is 339 g/mol. The van der Waals surface area contributed by atoms with E-state index in [0.29, 0.717) is 0 Å². The first kappa shape index (κ1) is 16.2. The third kappa shape index (κ3) is 2.70. The zero-order valence-corrected chi connectivity index (χ0v) is 16.9. The van der Waals surface area contributed by atoms with Crippen LogP contribution in [-0.2, 0) is 0 Å². The van der Waals surface area contributed by atoms with Crippen molar-refractivity contribution in [3.8, 4) is 11.1 Å². The summed E-state index contributed by atoms with van der Waals surface area (Å²) in [7, 11) is -3.03. The molecule has 0 saturated carbocycles. The van der Waals surface area contributed by atoms with Crippen molar-refractivity contribution in [2.45, 2.75) is 39.3 Å². The Morgan fingerprint density at radius 1 is 0.696 bits per heavy atom. The molecule has 0 bridgehead atoms. The standard InChI is InChI=1S/C19H25NOSi2/c1-22(2,3)20(23(4,5)6)14-11-12-16-15-9-7-8-10-17(15)19(21)18(16)13-14/h7-13H,1-6H3. The van der Waals surface area contributed by atoms with Gasteiger partial charge in [0.25, 0.3) is 0 Å². The van der Waals surface area contributed by atoms with Gasteiger partial charge in [-0.25, -0.2) is 0 Å². The summed E-state index contributed by atoms with van der Waals surface area (Å²) in [6, 6.07) is 14.4. The molecule has 0 heterocycles. The SMILES string of the molecule is C[Si](C)(C)N(c1ccc2c(c1)C(=O)c1ccccc1-2)[Si](C)(C)C. The second-order valence-corrected chi connectivity index (χ2v) is 18.3. The molecule has 3 rings (SSSR count). The van der Waals surface area contributed by atoms with Crippen LogP contribution in [0.2, 0.25) is 39.3 Å². The average Bonchev–Trinajstić information content (AvgIpc) is 2.70. The highest BCUT2D eigenvalue weighted by atomic mass is 28.4. The smallest absolute Gasteiger partial charge is 0.194 e. The number of anilines is 1. The van der Waals surface area contributed by atoms with Crippen LogP contribution in [0.25, 0.3) is 11.1 Å². The Morgan fingerprint density at radius 3 is 1.78 bits per heavy atom. The molecule has 0 aromatic heterocycles. The Hall–Kier alpha value is -1.66. The van der Waals surface area contributed by atoms with Gasteiger partial charge in [-0.2, -0.15) is 0 Å². The lowest BCUT2D eigenvalue weighted by Crippen LogP contribution is -2.59. The molecule has 0 N–H and O–H groups in total. The zero-order chi connectivity index (χ0) is 17.0. The van der Waals surface area contributed by atoms with E-state index >= 15 is 0 Å². The number of rotatable bonds is 3. The highest BCUT2D eigenvalue weighted by Gasteiger charge is 2.36. The van der Waals surface area contributed by atoms with E-state index in [0.717, 1.165) is 22.3 Å². The van der Waals surface area contributed by atoms with Gasteiger partial charge in [0, 0.05) is 16.8 Å². The van der Waals surface area contributed by atoms with Gasteiger partial charge >= 0.3 is 0 Å². The lowest BCUT2D eigenvalue weighted by Gasteiger charge is -2.46. The molecular weight excluding hydrogens is 314 g/mol. The molecule has 0 spiro atoms. The molecule has 0 amide bonds. The number of carbonyl (C=O) groups is 1. The van der Waals surface area contributed by atoms with Crippen molar-refractivity contribution in [3.63, 3.8) is 0 Å². The van der Waals surface area contributed by atoms with Gasteiger partial charge in [0.05, 0.1) is 0 Å². The van der Waals surface area contributed by atoms with E-state index in [4.69, 9.17) is 0 Å². The van der Waals surface area contributed by atoms with Crippen molar-refractivity contribution in [2.75, 3.05) is 4.23 Å². The van der Waals surface area contributed by atoms with E-state index in [9.17, 15) is 4.79 Å². The van der Waals surface area contributed by atoms with Crippen molar-refractivity contribution < 1.29 is 4.79 Å². The van der Waals surface area contributed by atoms with Crippen molar-refractivity contribution in [3.05, 3.63) is 53.6 Å². The average molecular weight is 340 g/mol. The molecule has 0 atom stereocenters. The van der Waals surface area contributed by atoms with Gasteiger partial charge in [-0.15, -0.1) is 0 Å². The van der Waals surface area contributed by atoms with Gasteiger partial charge < -0.3 is 4.23 Å². The lowest BCUT2D eigenvalue weighted by atomic mass is 10.1. The highest BCUT2D eigenvalue weighted by molar-refractivity contribution is 6.99. The minimum Gasteiger partial charge on any atom is -0.425 e. The lowest BCUT2D eigenvalue weighted by molar-refractivity contribution is 0.104. The first-order valence-electron chi connectivity index (χ1n) is 8.19. The Labute approximate surface area is 141 Å². The fraction of sp³-hybridized carbons (Fsp3) is 0.316. The quantitative estimate of drug-likeness (QED) is 0.598. The van der Waals surface area contributed by atoms with Crippen molar-refractivity contribution in [2.24, 2.45) is 0 Å². The fourth-order valence-electron chi connectivity index (χ4n) is 3.94. The van der Waals surface area contributed by atoms with E-state index in [1.54, 1.807) is 0 Å². The molecule has 23 heavy (non-hydrogen) atoms. The Kier molecular flexibility index (Phi) is 3.65. The summed E-state index contributed by atoms with van der Waals surface area (Å²) in [5.41, 5.74) is 5.09. The largest absolute Gasteiger partial charge is 0.425 e. The number of benzene rings is 2. The molecule has 0 unspecified atom stereocenters. The predicted octanol–water partition coefficient (Wildman–Crippen LogP) is 5.37. The first-order valence-corrected chi connectivity index (χ1v) is 15.1. The van der Waals surface area contributed by atoms with Crippen molar-refractivity contribution in [1.29, 1.82) is 0 Å². The summed E-state index contributed by atoms with van der Waals surface area (Å²) in [5.74, 6) is 0.170. The number of hydrogen-bond acceptors (Lipinski definition) is 2. The van der Waals surface area contributed by atoms with Gasteiger partial charge in [0.15, 0.2) is 5.78 Å². The molecule has 0 saturated heterocycles. The van der Waals surface area contributed by atoms with Crippen LogP contribution < -0.4 is 4.23 Å². The minimum atomic E-state index is -1.51. The number of fused-ring (bicyclic) bond motifs is 3. The molecule has 120 valence electrons. The number of carbonyl (C=O) groups excluding carboxylic acids is 1. The third-order valence-electron chi connectivity index (χ3n) is 4.31. The second kappa shape index (κ2) is 5.18. The van der Waals surface area contributed by atoms with E-state index in [-0.39, 0.29) is 5.78 Å². The summed E-state index contributed by atoms with van der Waals surface area (Å²) >= 11 is 0. The molecule has 2 aromatic rings. The van der Waals surface area contributed by atoms with Crippen LogP contribution in [0.3, 0.4) is 0 Å². The van der Waals surface area contributed by atoms with Gasteiger partial charge in [0.1, 0.15) is 16.5 Å². The van der Waals surface area contributed by atoms with E-state index in [1.807, 2.05) is 24.3 Å². The second-order valence-electron chi connectivity index (χ2n) is 8.28. The van der Waals surface area contributed by atoms with Crippen LogP contribution in [0.1, 0.15) is 15.9 Å². The fourth-order valence-corrected chi connectivity index (χ4v) is 13.8. The van der Waals surface area contributed by atoms with Crippen molar-refractivity contribution >= 4 is 27.9 Å². The van der Waals surface area contributed by atoms with Crippen LogP contribution in [0.5, 0.6) is 0 Å². The normalized spacial score (nSPS) is 13.7. The van der Waals surface area contributed by atoms with E-state index in [1.165, 1.54) is 5.69 Å². The molecule has 4 heteroatoms. The van der Waals surface area contributed by atoms with E-state index < -0.39 is 16.5 Å². The molecular formula is C19H25NOSi2. The molecule has 0 radical (unpaired) electrons. The van der Waals surface area contributed by atoms with Crippen LogP contribution in [-0.4, -0.2) is 22.3 Å². The van der Waals surface area contributed by atoms with Gasteiger partial charge in [-0.05, 0) is 23.3 Å². The van der Waals surface area contributed by atoms with Crippen molar-refractivity contribution in [1.82, 2.24) is 0 Å². The third-order valence-corrected chi connectivity index (χ3v) is 11.5. The zero-order valence-electron chi connectivity index (χ0n) is 14.9. The molecule has 2 nitrogen and oxygen atoms in total. The molecule has 0 fully saturated rings. The summed E-state index contributed by atoms with van der Waals surface area (Å²) in [4.78, 5) is 12.8. The van der Waals surface area contributed by atoms with Gasteiger partial charge in [-0.3, -0.25) is 4.79 Å². The number of hydrogen-bond donors (Lipinski definition) is 0. The maximum atomic E-state index is 12.8. The maximum Gasteiger partial charge on any atom is 0.194 e. The van der Waals surface area contributed by atoms with Crippen LogP contribution in [0, 0.1) is 0 Å². The number of nitrogens with zero attached hydrogens (tertiary/aromatic N) is 1. The van der Waals surface area contributed by atoms with Gasteiger partial charge in [0.2, 0.25) is 0 Å². The Morgan fingerprint density at radius 2 is 1.22 bits per heavy atom. The topological polar surface area (TPSA) is 20.3 Å². The molecule has 1 aliphatic rings. The summed E-state index contributed by atoms with van der Waals surface area (Å²) < 4.78 is 2.66. The van der Waals surface area contributed by atoms with Crippen LogP contribution in [0.4, 0.5) is 5.69 Å². The molecule has 1 aliphatic carbocycles. The summed E-state index contributed by atoms with van der Waals surface area (Å²) in [5, 5.41) is 0. The van der Waals surface area contributed by atoms with Crippen LogP contribution in [0.15, 0.2) is 42.5 Å². The molecule has 2 aromatic carbocycles. The molecule has 0 aliphatic heterocycles. The van der Waals surface area contributed by atoms with Crippen LogP contribution >= 0.6 is 0 Å². The summed E-state index contributed by atoms with van der Waals surface area (Å²) in [6.07, 6.45) is 0. The Balaban J connectivity index is 2.15. The minimum absolute atomic E-state index is 0.170. The maximum absolute atomic E-state index is 12.8. The van der Waals surface area contributed by atoms with Gasteiger partial charge in [-0.1, -0.05) is 69.6 Å². The number of ketones is 1. The van der Waals surface area contributed by atoms with E-state index in [2.05, 4.69) is 61.7 Å². The highest BCUT2D eigenvalue weighted by Crippen LogP contribution is 2.39. The summed E-state index contributed by atoms with van der Waals surface area (Å²) in [6.45, 7) is 14.3.